The van der Waals surface area contributed by atoms with E-state index >= 15 is 8.90 Å². The molecule has 14 heteroatoms. The highest BCUT2D eigenvalue weighted by atomic mass is 28.4. The van der Waals surface area contributed by atoms with E-state index in [1.54, 1.807) is 32.7 Å². The SMILES string of the molecule is C[C@H]1[C@H]([Si](C)(C)F)[C@@H](CC(=O)N(CCO)Cc2ccccc2)O[C@]12C(=O)N(Cc1cccc(N3CCNCC3=O)c1)c1ccc(N3CCNCC3=O)cc12. The van der Waals surface area contributed by atoms with Crippen LogP contribution in [0.25, 0.3) is 0 Å². The van der Waals surface area contributed by atoms with Gasteiger partial charge >= 0.3 is 0 Å². The topological polar surface area (TPSA) is 135 Å². The number of halogens is 1. The first-order valence-corrected chi connectivity index (χ1v) is 21.7. The second-order valence-electron chi connectivity index (χ2n) is 15.2. The number of amides is 4. The largest absolute Gasteiger partial charge is 0.395 e. The van der Waals surface area contributed by atoms with E-state index in [0.717, 1.165) is 16.8 Å². The molecule has 0 aliphatic carbocycles. The fourth-order valence-corrected chi connectivity index (χ4v) is 11.3. The number of benzene rings is 3. The molecule has 3 N–H and O–H groups in total. The molecule has 3 saturated heterocycles. The fourth-order valence-electron chi connectivity index (χ4n) is 8.84. The number of carbonyl (C=O) groups excluding carboxylic acids is 4. The zero-order valence-corrected chi connectivity index (χ0v) is 32.1. The molecule has 3 aromatic carbocycles. The van der Waals surface area contributed by atoms with Gasteiger partial charge in [-0.2, -0.15) is 0 Å². The highest BCUT2D eigenvalue weighted by Crippen LogP contribution is 2.61. The zero-order valence-electron chi connectivity index (χ0n) is 31.1. The zero-order chi connectivity index (χ0) is 38.2. The number of aliphatic hydroxyl groups is 1. The minimum absolute atomic E-state index is 0.0333. The number of aliphatic hydroxyl groups excluding tert-OH is 1. The second kappa shape index (κ2) is 15.3. The van der Waals surface area contributed by atoms with Gasteiger partial charge in [-0.3, -0.25) is 19.2 Å². The maximum Gasteiger partial charge on any atom is 0.264 e. The highest BCUT2D eigenvalue weighted by Gasteiger charge is 2.67. The third-order valence-corrected chi connectivity index (χ3v) is 13.8. The van der Waals surface area contributed by atoms with E-state index in [0.29, 0.717) is 43.1 Å². The molecule has 0 unspecified atom stereocenters. The average molecular weight is 757 g/mol. The molecule has 4 aliphatic heterocycles. The number of hydrogen-bond acceptors (Lipinski definition) is 8. The van der Waals surface area contributed by atoms with E-state index in [9.17, 15) is 19.5 Å². The predicted molar refractivity (Wildman–Crippen MR) is 206 cm³/mol. The summed E-state index contributed by atoms with van der Waals surface area (Å²) in [6.45, 7) is 8.03. The average Bonchev–Trinajstić information content (AvgIpc) is 3.58. The Morgan fingerprint density at radius 3 is 2.20 bits per heavy atom. The van der Waals surface area contributed by atoms with Crippen molar-refractivity contribution >= 4 is 49.1 Å². The Hall–Kier alpha value is -4.47. The molecule has 3 fully saturated rings. The number of nitrogens with zero attached hydrogens (tertiary/aromatic N) is 4. The quantitative estimate of drug-likeness (QED) is 0.201. The van der Waals surface area contributed by atoms with Crippen LogP contribution in [0.1, 0.15) is 30.0 Å². The first-order valence-electron chi connectivity index (χ1n) is 18.8. The summed E-state index contributed by atoms with van der Waals surface area (Å²) in [5.41, 5.74) is 1.85. The number of nitrogens with one attached hydrogen (secondary N) is 2. The van der Waals surface area contributed by atoms with E-state index < -0.39 is 31.6 Å². The molecule has 0 radical (unpaired) electrons. The first kappa shape index (κ1) is 37.8. The van der Waals surface area contributed by atoms with Crippen LogP contribution in [0.2, 0.25) is 18.6 Å². The van der Waals surface area contributed by atoms with Crippen LogP contribution in [0.5, 0.6) is 0 Å². The molecule has 0 aromatic heterocycles. The lowest BCUT2D eigenvalue weighted by Crippen LogP contribution is -2.48. The van der Waals surface area contributed by atoms with Gasteiger partial charge in [0, 0.05) is 67.7 Å². The van der Waals surface area contributed by atoms with Crippen LogP contribution >= 0.6 is 0 Å². The minimum Gasteiger partial charge on any atom is -0.395 e. The number of fused-ring (bicyclic) bond motifs is 2. The molecule has 54 heavy (non-hydrogen) atoms. The Morgan fingerprint density at radius 1 is 0.926 bits per heavy atom. The predicted octanol–water partition coefficient (Wildman–Crippen LogP) is 3.29. The van der Waals surface area contributed by atoms with Crippen molar-refractivity contribution in [2.24, 2.45) is 5.92 Å². The Kier molecular flexibility index (Phi) is 10.7. The molecule has 4 amide bonds. The van der Waals surface area contributed by atoms with Gasteiger partial charge in [-0.1, -0.05) is 49.4 Å². The lowest BCUT2D eigenvalue weighted by Gasteiger charge is -2.32. The molecule has 4 heterocycles. The molecule has 286 valence electrons. The normalized spacial score (nSPS) is 24.4. The Labute approximate surface area is 316 Å². The number of anilines is 3. The molecule has 7 rings (SSSR count). The van der Waals surface area contributed by atoms with Crippen LogP contribution in [0.15, 0.2) is 72.8 Å². The Morgan fingerprint density at radius 2 is 1.57 bits per heavy atom. The van der Waals surface area contributed by atoms with Crippen molar-refractivity contribution in [3.05, 3.63) is 89.5 Å². The molecule has 1 spiro atoms. The summed E-state index contributed by atoms with van der Waals surface area (Å²) in [6.07, 6.45) is -1.08. The third-order valence-electron chi connectivity index (χ3n) is 11.3. The van der Waals surface area contributed by atoms with Gasteiger partial charge in [0.25, 0.3) is 5.91 Å². The maximum atomic E-state index is 16.7. The number of hydrogen-bond donors (Lipinski definition) is 3. The van der Waals surface area contributed by atoms with Crippen molar-refractivity contribution < 1.29 is 33.1 Å². The van der Waals surface area contributed by atoms with Gasteiger partial charge in [-0.25, -0.2) is 0 Å². The number of piperazine rings is 2. The van der Waals surface area contributed by atoms with E-state index in [2.05, 4.69) is 10.6 Å². The summed E-state index contributed by atoms with van der Waals surface area (Å²) in [4.78, 5) is 61.6. The molecular formula is C40H49FN6O6Si. The number of rotatable bonds is 11. The van der Waals surface area contributed by atoms with E-state index in [1.165, 1.54) is 0 Å². The van der Waals surface area contributed by atoms with Gasteiger partial charge in [0.15, 0.2) is 5.60 Å². The standard InChI is InChI=1S/C40H49FN6O6Si/c1-27-38(54(2,3)41)34(22-35(49)44(18-19-48)25-28-8-5-4-6-9-28)53-40(27)32-21-31(46-17-15-43-24-37(46)51)12-13-33(32)47(39(40)52)26-29-10-7-11-30(20-29)45-16-14-42-23-36(45)50/h4-13,20-21,27,34,38,42-43,48H,14-19,22-26H2,1-3H3/t27-,34+,38-,40+/m0/s1. The van der Waals surface area contributed by atoms with Crippen molar-refractivity contribution in [3.8, 4) is 0 Å². The first-order chi connectivity index (χ1) is 25.9. The van der Waals surface area contributed by atoms with Crippen molar-refractivity contribution in [2.75, 3.05) is 67.1 Å². The number of carbonyl (C=O) groups is 4. The third kappa shape index (κ3) is 7.08. The van der Waals surface area contributed by atoms with Gasteiger partial charge in [-0.15, -0.1) is 0 Å². The van der Waals surface area contributed by atoms with Crippen LogP contribution in [0.4, 0.5) is 21.2 Å². The van der Waals surface area contributed by atoms with Crippen LogP contribution in [-0.4, -0.2) is 101 Å². The summed E-state index contributed by atoms with van der Waals surface area (Å²) in [5, 5.41) is 16.1. The summed E-state index contributed by atoms with van der Waals surface area (Å²) >= 11 is 0. The fraction of sp³-hybridized carbons (Fsp3) is 0.450. The van der Waals surface area contributed by atoms with E-state index in [1.807, 2.05) is 79.7 Å². The lowest BCUT2D eigenvalue weighted by molar-refractivity contribution is -0.150. The monoisotopic (exact) mass is 756 g/mol. The van der Waals surface area contributed by atoms with Gasteiger partial charge in [0.1, 0.15) is 0 Å². The van der Waals surface area contributed by atoms with Crippen molar-refractivity contribution in [3.63, 3.8) is 0 Å². The van der Waals surface area contributed by atoms with Crippen LogP contribution < -0.4 is 25.3 Å². The second-order valence-corrected chi connectivity index (χ2v) is 19.0. The summed E-state index contributed by atoms with van der Waals surface area (Å²) in [5.74, 6) is -1.44. The molecular weight excluding hydrogens is 708 g/mol. The molecule has 12 nitrogen and oxygen atoms in total. The lowest BCUT2D eigenvalue weighted by atomic mass is 9.82. The minimum atomic E-state index is -3.61. The molecule has 4 atom stereocenters. The van der Waals surface area contributed by atoms with Gasteiger partial charge in [0.05, 0.1) is 44.5 Å². The van der Waals surface area contributed by atoms with Crippen LogP contribution in [0, 0.1) is 5.92 Å². The molecule has 3 aromatic rings. The summed E-state index contributed by atoms with van der Waals surface area (Å²) in [6, 6.07) is 22.5. The molecule has 4 aliphatic rings. The van der Waals surface area contributed by atoms with E-state index in [-0.39, 0.29) is 69.4 Å². The summed E-state index contributed by atoms with van der Waals surface area (Å²) in [7, 11) is -3.61. The number of ether oxygens (including phenoxy) is 1. The Bertz CT molecular complexity index is 1910. The van der Waals surface area contributed by atoms with Crippen LogP contribution in [0.3, 0.4) is 0 Å². The van der Waals surface area contributed by atoms with E-state index in [4.69, 9.17) is 4.74 Å². The molecule has 0 saturated carbocycles. The highest BCUT2D eigenvalue weighted by molar-refractivity contribution is 6.72. The molecule has 0 bridgehead atoms. The van der Waals surface area contributed by atoms with Crippen molar-refractivity contribution in [1.82, 2.24) is 15.5 Å². The van der Waals surface area contributed by atoms with Crippen molar-refractivity contribution in [2.45, 2.75) is 56.8 Å². The van der Waals surface area contributed by atoms with Gasteiger partial charge < -0.3 is 44.2 Å². The van der Waals surface area contributed by atoms with Gasteiger partial charge in [0.2, 0.25) is 26.1 Å². The summed E-state index contributed by atoms with van der Waals surface area (Å²) < 4.78 is 23.6. The van der Waals surface area contributed by atoms with Crippen molar-refractivity contribution in [1.29, 1.82) is 0 Å². The maximum absolute atomic E-state index is 16.7. The Balaban J connectivity index is 1.27. The smallest absolute Gasteiger partial charge is 0.264 e. The van der Waals surface area contributed by atoms with Crippen LogP contribution in [-0.2, 0) is 42.6 Å². The van der Waals surface area contributed by atoms with Gasteiger partial charge in [-0.05, 0) is 54.6 Å².